The minimum atomic E-state index is 0.308. The van der Waals surface area contributed by atoms with Gasteiger partial charge in [-0.2, -0.15) is 0 Å². The first-order valence-electron chi connectivity index (χ1n) is 4.51. The molecule has 0 saturated carbocycles. The van der Waals surface area contributed by atoms with Crippen molar-refractivity contribution in [2.45, 2.75) is 12.8 Å². The fraction of sp³-hybridized carbons (Fsp3) is 0.400. The van der Waals surface area contributed by atoms with Crippen LogP contribution < -0.4 is 15.2 Å². The maximum atomic E-state index is 5.63. The number of halogens is 1. The topological polar surface area (TPSA) is 44.5 Å². The van der Waals surface area contributed by atoms with Crippen LogP contribution in [0.25, 0.3) is 0 Å². The van der Waals surface area contributed by atoms with Crippen LogP contribution >= 0.6 is 15.9 Å². The lowest BCUT2D eigenvalue weighted by Crippen LogP contribution is -2.09. The zero-order chi connectivity index (χ0) is 10.1. The lowest BCUT2D eigenvalue weighted by Gasteiger charge is -2.11. The summed E-state index contributed by atoms with van der Waals surface area (Å²) in [6.45, 7) is 3.02. The van der Waals surface area contributed by atoms with Crippen molar-refractivity contribution in [3.63, 3.8) is 0 Å². The van der Waals surface area contributed by atoms with Gasteiger partial charge in [0.1, 0.15) is 0 Å². The second kappa shape index (κ2) is 3.79. The van der Waals surface area contributed by atoms with Gasteiger partial charge in [-0.1, -0.05) is 22.9 Å². The van der Waals surface area contributed by atoms with Crippen molar-refractivity contribution in [3.05, 3.63) is 22.2 Å². The Balaban J connectivity index is 2.42. The van der Waals surface area contributed by atoms with Crippen LogP contribution in [0.1, 0.15) is 18.4 Å². The minimum absolute atomic E-state index is 0.308. The molecule has 3 nitrogen and oxygen atoms in total. The van der Waals surface area contributed by atoms with E-state index < -0.39 is 0 Å². The fourth-order valence-corrected chi connectivity index (χ4v) is 2.15. The maximum absolute atomic E-state index is 5.63. The van der Waals surface area contributed by atoms with Gasteiger partial charge >= 0.3 is 0 Å². The van der Waals surface area contributed by atoms with Crippen LogP contribution in [0.4, 0.5) is 0 Å². The first-order chi connectivity index (χ1) is 6.72. The fourth-order valence-electron chi connectivity index (χ4n) is 1.44. The van der Waals surface area contributed by atoms with Crippen LogP contribution in [0.2, 0.25) is 0 Å². The third kappa shape index (κ3) is 1.60. The molecule has 76 valence electrons. The highest BCUT2D eigenvalue weighted by molar-refractivity contribution is 9.10. The van der Waals surface area contributed by atoms with E-state index in [0.29, 0.717) is 19.3 Å². The molecule has 2 rings (SSSR count). The van der Waals surface area contributed by atoms with Gasteiger partial charge in [0.15, 0.2) is 11.5 Å². The van der Waals surface area contributed by atoms with Crippen molar-refractivity contribution in [3.8, 4) is 11.5 Å². The molecule has 1 unspecified atom stereocenters. The summed E-state index contributed by atoms with van der Waals surface area (Å²) in [6.07, 6.45) is 0. The molecule has 1 aromatic rings. The van der Waals surface area contributed by atoms with Gasteiger partial charge < -0.3 is 15.2 Å². The highest BCUT2D eigenvalue weighted by Crippen LogP contribution is 2.39. The molecule has 1 aliphatic rings. The van der Waals surface area contributed by atoms with Crippen LogP contribution in [0.3, 0.4) is 0 Å². The number of hydrogen-bond donors (Lipinski definition) is 1. The van der Waals surface area contributed by atoms with E-state index in [-0.39, 0.29) is 0 Å². The first-order valence-corrected chi connectivity index (χ1v) is 5.30. The molecule has 0 saturated heterocycles. The molecule has 0 aliphatic carbocycles. The molecule has 1 aromatic carbocycles. The predicted octanol–water partition coefficient (Wildman–Crippen LogP) is 2.24. The lowest BCUT2D eigenvalue weighted by molar-refractivity contribution is 0.174. The molecule has 4 heteroatoms. The first kappa shape index (κ1) is 9.80. The molecule has 0 spiro atoms. The van der Waals surface area contributed by atoms with Crippen molar-refractivity contribution >= 4 is 15.9 Å². The maximum Gasteiger partial charge on any atom is 0.231 e. The van der Waals surface area contributed by atoms with Gasteiger partial charge in [-0.05, 0) is 30.2 Å². The summed E-state index contributed by atoms with van der Waals surface area (Å²) in [5.74, 6) is 1.92. The summed E-state index contributed by atoms with van der Waals surface area (Å²) in [4.78, 5) is 0. The quantitative estimate of drug-likeness (QED) is 0.884. The van der Waals surface area contributed by atoms with Crippen molar-refractivity contribution in [1.82, 2.24) is 0 Å². The van der Waals surface area contributed by atoms with Crippen molar-refractivity contribution in [2.75, 3.05) is 13.3 Å². The predicted molar refractivity (Wildman–Crippen MR) is 57.7 cm³/mol. The van der Waals surface area contributed by atoms with Gasteiger partial charge in [0.05, 0.1) is 0 Å². The summed E-state index contributed by atoms with van der Waals surface area (Å²) in [6, 6.07) is 3.92. The third-order valence-electron chi connectivity index (χ3n) is 2.38. The Bertz CT molecular complexity index is 354. The Morgan fingerprint density at radius 3 is 2.71 bits per heavy atom. The van der Waals surface area contributed by atoms with Gasteiger partial charge in [0, 0.05) is 4.47 Å². The van der Waals surface area contributed by atoms with E-state index in [1.54, 1.807) is 0 Å². The van der Waals surface area contributed by atoms with Crippen LogP contribution in [0.5, 0.6) is 11.5 Å². The normalized spacial score (nSPS) is 15.6. The molecule has 1 heterocycles. The van der Waals surface area contributed by atoms with Gasteiger partial charge in [-0.25, -0.2) is 0 Å². The largest absolute Gasteiger partial charge is 0.454 e. The molecule has 2 N–H and O–H groups in total. The van der Waals surface area contributed by atoms with Gasteiger partial charge in [-0.15, -0.1) is 0 Å². The summed E-state index contributed by atoms with van der Waals surface area (Å²) in [5, 5.41) is 0. The molecule has 0 fully saturated rings. The SMILES string of the molecule is CC(CN)c1cc2c(cc1Br)OCO2. The summed E-state index contributed by atoms with van der Waals surface area (Å²) in [5.41, 5.74) is 6.79. The molecular weight excluding hydrogens is 246 g/mol. The average molecular weight is 258 g/mol. The van der Waals surface area contributed by atoms with Gasteiger partial charge in [-0.3, -0.25) is 0 Å². The molecule has 1 atom stereocenters. The number of nitrogens with two attached hydrogens (primary N) is 1. The van der Waals surface area contributed by atoms with E-state index in [4.69, 9.17) is 15.2 Å². The molecule has 0 amide bonds. The van der Waals surface area contributed by atoms with E-state index in [1.165, 1.54) is 0 Å². The van der Waals surface area contributed by atoms with Crippen molar-refractivity contribution in [1.29, 1.82) is 0 Å². The summed E-state index contributed by atoms with van der Waals surface area (Å²) >= 11 is 3.50. The average Bonchev–Trinajstić information content (AvgIpc) is 2.62. The molecule has 0 bridgehead atoms. The Labute approximate surface area is 91.3 Å². The summed E-state index contributed by atoms with van der Waals surface area (Å²) < 4.78 is 11.6. The van der Waals surface area contributed by atoms with Crippen molar-refractivity contribution in [2.24, 2.45) is 5.73 Å². The van der Waals surface area contributed by atoms with Gasteiger partial charge in [0.25, 0.3) is 0 Å². The third-order valence-corrected chi connectivity index (χ3v) is 3.06. The second-order valence-electron chi connectivity index (χ2n) is 3.36. The Hall–Kier alpha value is -0.740. The van der Waals surface area contributed by atoms with Crippen LogP contribution in [-0.2, 0) is 0 Å². The molecule has 0 aromatic heterocycles. The van der Waals surface area contributed by atoms with E-state index in [9.17, 15) is 0 Å². The highest BCUT2D eigenvalue weighted by atomic mass is 79.9. The number of ether oxygens (including phenoxy) is 2. The lowest BCUT2D eigenvalue weighted by atomic mass is 10.0. The Kier molecular flexibility index (Phi) is 2.65. The van der Waals surface area contributed by atoms with Gasteiger partial charge in [0.2, 0.25) is 6.79 Å². The number of fused-ring (bicyclic) bond motifs is 1. The van der Waals surface area contributed by atoms with E-state index >= 15 is 0 Å². The zero-order valence-electron chi connectivity index (χ0n) is 7.92. The standard InChI is InChI=1S/C10H12BrNO2/c1-6(4-12)7-2-9-10(3-8(7)11)14-5-13-9/h2-3,6H,4-5,12H2,1H3. The Morgan fingerprint density at radius 1 is 1.43 bits per heavy atom. The van der Waals surface area contributed by atoms with E-state index in [2.05, 4.69) is 22.9 Å². The zero-order valence-corrected chi connectivity index (χ0v) is 9.50. The number of benzene rings is 1. The van der Waals surface area contributed by atoms with Crippen LogP contribution in [0.15, 0.2) is 16.6 Å². The van der Waals surface area contributed by atoms with E-state index in [1.807, 2.05) is 12.1 Å². The molecular formula is C10H12BrNO2. The minimum Gasteiger partial charge on any atom is -0.454 e. The number of hydrogen-bond acceptors (Lipinski definition) is 3. The van der Waals surface area contributed by atoms with Crippen molar-refractivity contribution < 1.29 is 9.47 Å². The molecule has 14 heavy (non-hydrogen) atoms. The Morgan fingerprint density at radius 2 is 2.07 bits per heavy atom. The van der Waals surface area contributed by atoms with Crippen LogP contribution in [-0.4, -0.2) is 13.3 Å². The smallest absolute Gasteiger partial charge is 0.231 e. The summed E-state index contributed by atoms with van der Waals surface area (Å²) in [7, 11) is 0. The number of rotatable bonds is 2. The second-order valence-corrected chi connectivity index (χ2v) is 4.22. The van der Waals surface area contributed by atoms with E-state index in [0.717, 1.165) is 21.5 Å². The van der Waals surface area contributed by atoms with Crippen LogP contribution in [0, 0.1) is 0 Å². The molecule has 1 aliphatic heterocycles. The molecule has 0 radical (unpaired) electrons. The highest BCUT2D eigenvalue weighted by Gasteiger charge is 2.18. The monoisotopic (exact) mass is 257 g/mol.